The van der Waals surface area contributed by atoms with E-state index in [1.807, 2.05) is 36.1 Å². The number of hydrogen-bond donors (Lipinski definition) is 2. The molecule has 2 aromatic carbocycles. The fourth-order valence-corrected chi connectivity index (χ4v) is 3.50. The minimum atomic E-state index is -0.407. The number of ether oxygens (including phenoxy) is 1. The lowest BCUT2D eigenvalue weighted by Crippen LogP contribution is -2.44. The number of rotatable bonds is 5. The molecule has 0 aromatic heterocycles. The van der Waals surface area contributed by atoms with Crippen LogP contribution in [0.3, 0.4) is 0 Å². The maximum Gasteiger partial charge on any atom is 0.249 e. The normalized spacial score (nSPS) is 16.4. The Morgan fingerprint density at radius 2 is 1.96 bits per heavy atom. The number of carbonyl (C=O) groups is 2. The van der Waals surface area contributed by atoms with E-state index in [2.05, 4.69) is 23.6 Å². The van der Waals surface area contributed by atoms with E-state index in [0.717, 1.165) is 17.8 Å². The van der Waals surface area contributed by atoms with Gasteiger partial charge >= 0.3 is 0 Å². The van der Waals surface area contributed by atoms with E-state index in [4.69, 9.17) is 4.74 Å². The van der Waals surface area contributed by atoms with Crippen molar-refractivity contribution in [2.75, 3.05) is 22.6 Å². The Labute approximate surface area is 159 Å². The van der Waals surface area contributed by atoms with E-state index < -0.39 is 6.04 Å². The van der Waals surface area contributed by atoms with Gasteiger partial charge < -0.3 is 20.3 Å². The highest BCUT2D eigenvalue weighted by molar-refractivity contribution is 6.01. The van der Waals surface area contributed by atoms with E-state index in [9.17, 15) is 9.59 Å². The smallest absolute Gasteiger partial charge is 0.249 e. The Hall–Kier alpha value is -3.02. The van der Waals surface area contributed by atoms with Crippen LogP contribution in [-0.2, 0) is 16.0 Å². The van der Waals surface area contributed by atoms with Crippen molar-refractivity contribution in [2.24, 2.45) is 0 Å². The molecule has 2 aromatic rings. The van der Waals surface area contributed by atoms with Crippen molar-refractivity contribution in [1.82, 2.24) is 0 Å². The summed E-state index contributed by atoms with van der Waals surface area (Å²) in [6.07, 6.45) is 0.869. The first-order valence-corrected chi connectivity index (χ1v) is 9.04. The molecule has 6 heteroatoms. The predicted octanol–water partition coefficient (Wildman–Crippen LogP) is 3.43. The van der Waals surface area contributed by atoms with Gasteiger partial charge in [0, 0.05) is 30.4 Å². The van der Waals surface area contributed by atoms with Gasteiger partial charge in [0.1, 0.15) is 11.8 Å². The molecule has 2 unspecified atom stereocenters. The zero-order valence-electron chi connectivity index (χ0n) is 16.1. The summed E-state index contributed by atoms with van der Waals surface area (Å²) in [6.45, 7) is 5.36. The molecule has 142 valence electrons. The molecule has 2 N–H and O–H groups in total. The minimum absolute atomic E-state index is 0.0253. The Morgan fingerprint density at radius 3 is 2.67 bits per heavy atom. The Balaban J connectivity index is 1.76. The molecule has 0 fully saturated rings. The molecule has 1 aliphatic rings. The van der Waals surface area contributed by atoms with Crippen molar-refractivity contribution >= 4 is 28.9 Å². The Morgan fingerprint density at radius 1 is 1.22 bits per heavy atom. The molecule has 0 radical (unpaired) electrons. The van der Waals surface area contributed by atoms with Crippen LogP contribution in [0, 0.1) is 0 Å². The largest absolute Gasteiger partial charge is 0.494 e. The molecule has 0 saturated heterocycles. The number of amides is 2. The number of benzene rings is 2. The van der Waals surface area contributed by atoms with Gasteiger partial charge in [-0.3, -0.25) is 9.59 Å². The van der Waals surface area contributed by atoms with Crippen molar-refractivity contribution < 1.29 is 14.3 Å². The number of para-hydroxylation sites is 1. The molecule has 27 heavy (non-hydrogen) atoms. The van der Waals surface area contributed by atoms with Gasteiger partial charge in [-0.05, 0) is 44.0 Å². The van der Waals surface area contributed by atoms with Crippen LogP contribution in [0.25, 0.3) is 0 Å². The molecule has 0 aliphatic carbocycles. The zero-order valence-corrected chi connectivity index (χ0v) is 16.1. The van der Waals surface area contributed by atoms with Gasteiger partial charge in [0.25, 0.3) is 0 Å². The third-order valence-electron chi connectivity index (χ3n) is 4.71. The fourth-order valence-electron chi connectivity index (χ4n) is 3.50. The van der Waals surface area contributed by atoms with Crippen molar-refractivity contribution in [3.05, 3.63) is 48.0 Å². The first kappa shape index (κ1) is 18.8. The number of anilines is 3. The number of hydrogen-bond acceptors (Lipinski definition) is 4. The summed E-state index contributed by atoms with van der Waals surface area (Å²) in [5, 5.41) is 5.96. The lowest BCUT2D eigenvalue weighted by atomic mass is 10.1. The topological polar surface area (TPSA) is 70.7 Å². The Kier molecular flexibility index (Phi) is 5.35. The van der Waals surface area contributed by atoms with Crippen LogP contribution in [0.2, 0.25) is 0 Å². The molecule has 2 atom stereocenters. The van der Waals surface area contributed by atoms with Gasteiger partial charge in [0.05, 0.1) is 12.8 Å². The Bertz CT molecular complexity index is 866. The average molecular weight is 367 g/mol. The quantitative estimate of drug-likeness (QED) is 0.849. The van der Waals surface area contributed by atoms with Crippen LogP contribution in [0.4, 0.5) is 17.1 Å². The lowest BCUT2D eigenvalue weighted by Gasteiger charge is -2.27. The van der Waals surface area contributed by atoms with Crippen LogP contribution < -0.4 is 20.3 Å². The number of fused-ring (bicyclic) bond motifs is 1. The lowest BCUT2D eigenvalue weighted by molar-refractivity contribution is -0.119. The number of nitrogens with zero attached hydrogens (tertiary/aromatic N) is 1. The predicted molar refractivity (Wildman–Crippen MR) is 107 cm³/mol. The average Bonchev–Trinajstić information content (AvgIpc) is 2.97. The molecular formula is C21H25N3O3. The van der Waals surface area contributed by atoms with Gasteiger partial charge in [-0.15, -0.1) is 0 Å². The van der Waals surface area contributed by atoms with Crippen LogP contribution in [-0.4, -0.2) is 31.0 Å². The molecule has 1 heterocycles. The maximum absolute atomic E-state index is 13.1. The van der Waals surface area contributed by atoms with Crippen molar-refractivity contribution in [3.8, 4) is 5.75 Å². The van der Waals surface area contributed by atoms with E-state index >= 15 is 0 Å². The summed E-state index contributed by atoms with van der Waals surface area (Å²) < 4.78 is 5.34. The van der Waals surface area contributed by atoms with Gasteiger partial charge in [0.15, 0.2) is 0 Å². The SMILES string of the molecule is COc1cc(NC(C)C(=O)N2c3ccccc3CC2C)ccc1NC(C)=O. The van der Waals surface area contributed by atoms with Gasteiger partial charge in [-0.25, -0.2) is 0 Å². The number of nitrogens with one attached hydrogen (secondary N) is 2. The van der Waals surface area contributed by atoms with E-state index in [-0.39, 0.29) is 17.9 Å². The van der Waals surface area contributed by atoms with E-state index in [1.54, 1.807) is 19.2 Å². The number of carbonyl (C=O) groups excluding carboxylic acids is 2. The summed E-state index contributed by atoms with van der Waals surface area (Å²) in [6, 6.07) is 13.1. The second kappa shape index (κ2) is 7.70. The summed E-state index contributed by atoms with van der Waals surface area (Å²) in [5.74, 6) is 0.395. The first-order valence-electron chi connectivity index (χ1n) is 9.04. The summed E-state index contributed by atoms with van der Waals surface area (Å²) >= 11 is 0. The highest BCUT2D eigenvalue weighted by Gasteiger charge is 2.33. The highest BCUT2D eigenvalue weighted by Crippen LogP contribution is 2.33. The fraction of sp³-hybridized carbons (Fsp3) is 0.333. The van der Waals surface area contributed by atoms with Crippen molar-refractivity contribution in [3.63, 3.8) is 0 Å². The molecule has 0 bridgehead atoms. The third-order valence-corrected chi connectivity index (χ3v) is 4.71. The molecule has 0 spiro atoms. The minimum Gasteiger partial charge on any atom is -0.494 e. The third kappa shape index (κ3) is 3.89. The molecule has 3 rings (SSSR count). The van der Waals surface area contributed by atoms with Gasteiger partial charge in [0.2, 0.25) is 11.8 Å². The highest BCUT2D eigenvalue weighted by atomic mass is 16.5. The first-order chi connectivity index (χ1) is 12.9. The molecule has 0 saturated carbocycles. The monoisotopic (exact) mass is 367 g/mol. The second-order valence-electron chi connectivity index (χ2n) is 6.85. The van der Waals surface area contributed by atoms with Crippen LogP contribution >= 0.6 is 0 Å². The van der Waals surface area contributed by atoms with Crippen LogP contribution in [0.5, 0.6) is 5.75 Å². The van der Waals surface area contributed by atoms with Crippen molar-refractivity contribution in [1.29, 1.82) is 0 Å². The van der Waals surface area contributed by atoms with Crippen molar-refractivity contribution in [2.45, 2.75) is 39.3 Å². The summed E-state index contributed by atoms with van der Waals surface area (Å²) in [7, 11) is 1.54. The second-order valence-corrected chi connectivity index (χ2v) is 6.85. The molecule has 6 nitrogen and oxygen atoms in total. The molecule has 1 aliphatic heterocycles. The summed E-state index contributed by atoms with van der Waals surface area (Å²) in [5.41, 5.74) is 3.53. The number of methoxy groups -OCH3 is 1. The summed E-state index contributed by atoms with van der Waals surface area (Å²) in [4.78, 5) is 26.2. The van der Waals surface area contributed by atoms with Crippen LogP contribution in [0.15, 0.2) is 42.5 Å². The standard InChI is InChI=1S/C21H25N3O3/c1-13-11-16-7-5-6-8-19(16)24(13)21(26)14(2)22-17-9-10-18(23-15(3)25)20(12-17)27-4/h5-10,12-14,22H,11H2,1-4H3,(H,23,25). The molecular weight excluding hydrogens is 342 g/mol. The van der Waals surface area contributed by atoms with Crippen LogP contribution in [0.1, 0.15) is 26.3 Å². The van der Waals surface area contributed by atoms with Gasteiger partial charge in [-0.1, -0.05) is 18.2 Å². The zero-order chi connectivity index (χ0) is 19.6. The van der Waals surface area contributed by atoms with E-state index in [1.165, 1.54) is 12.5 Å². The maximum atomic E-state index is 13.1. The molecule has 2 amide bonds. The van der Waals surface area contributed by atoms with Gasteiger partial charge in [-0.2, -0.15) is 0 Å². The van der Waals surface area contributed by atoms with E-state index in [0.29, 0.717) is 11.4 Å².